The van der Waals surface area contributed by atoms with Crippen molar-refractivity contribution in [3.63, 3.8) is 0 Å². The van der Waals surface area contributed by atoms with E-state index < -0.39 is 11.7 Å². The number of carbonyl (C=O) groups excluding carboxylic acids is 1. The van der Waals surface area contributed by atoms with Crippen LogP contribution in [0.2, 0.25) is 0 Å². The molecule has 1 amide bonds. The number of aromatic nitrogens is 2. The van der Waals surface area contributed by atoms with E-state index in [0.717, 1.165) is 38.3 Å². The van der Waals surface area contributed by atoms with E-state index in [2.05, 4.69) is 31.3 Å². The van der Waals surface area contributed by atoms with Gasteiger partial charge < -0.3 is 14.2 Å². The zero-order chi connectivity index (χ0) is 18.9. The molecule has 0 bridgehead atoms. The number of ether oxygens (including phenoxy) is 1. The molecule has 2 aliphatic rings. The summed E-state index contributed by atoms with van der Waals surface area (Å²) in [6.45, 7) is 8.92. The Balaban J connectivity index is 1.51. The van der Waals surface area contributed by atoms with Crippen molar-refractivity contribution in [1.82, 2.24) is 19.4 Å². The zero-order valence-corrected chi connectivity index (χ0v) is 17.0. The summed E-state index contributed by atoms with van der Waals surface area (Å²) < 4.78 is 8.66. The number of carbonyl (C=O) groups is 1. The average molecular weight is 389 g/mol. The van der Waals surface area contributed by atoms with E-state index in [1.807, 2.05) is 31.1 Å². The number of imidazole rings is 1. The molecular formula is C20H28N4O2S. The van der Waals surface area contributed by atoms with Crippen LogP contribution in [0.15, 0.2) is 29.2 Å². The second kappa shape index (κ2) is 7.73. The van der Waals surface area contributed by atoms with Crippen LogP contribution in [0.5, 0.6) is 0 Å². The van der Waals surface area contributed by atoms with Crippen molar-refractivity contribution in [2.45, 2.75) is 51.5 Å². The van der Waals surface area contributed by atoms with Gasteiger partial charge in [-0.25, -0.2) is 4.98 Å². The lowest BCUT2D eigenvalue weighted by Crippen LogP contribution is -2.54. The molecule has 0 N–H and O–H groups in total. The van der Waals surface area contributed by atoms with Crippen LogP contribution in [0.4, 0.5) is 0 Å². The highest BCUT2D eigenvalue weighted by Crippen LogP contribution is 2.40. The first-order chi connectivity index (χ1) is 13.1. The Bertz CT molecular complexity index is 761. The van der Waals surface area contributed by atoms with Gasteiger partial charge in [-0.2, -0.15) is 11.3 Å². The van der Waals surface area contributed by atoms with Crippen LogP contribution in [-0.2, 0) is 28.2 Å². The van der Waals surface area contributed by atoms with E-state index in [9.17, 15) is 4.79 Å². The molecule has 1 fully saturated rings. The minimum absolute atomic E-state index is 0.0967. The molecule has 2 aromatic heterocycles. The van der Waals surface area contributed by atoms with Gasteiger partial charge in [0.25, 0.3) is 5.91 Å². The lowest BCUT2D eigenvalue weighted by molar-refractivity contribution is -0.181. The Labute approximate surface area is 164 Å². The van der Waals surface area contributed by atoms with Crippen LogP contribution in [0.1, 0.15) is 38.1 Å². The normalized spacial score (nSPS) is 21.9. The highest BCUT2D eigenvalue weighted by molar-refractivity contribution is 7.07. The molecule has 146 valence electrons. The minimum Gasteiger partial charge on any atom is -0.352 e. The first kappa shape index (κ1) is 18.7. The van der Waals surface area contributed by atoms with E-state index in [1.54, 1.807) is 11.3 Å². The highest BCUT2D eigenvalue weighted by Gasteiger charge is 2.47. The number of hydrogen-bond donors (Lipinski definition) is 0. The van der Waals surface area contributed by atoms with Gasteiger partial charge in [-0.15, -0.1) is 0 Å². The fourth-order valence-electron chi connectivity index (χ4n) is 4.32. The molecule has 0 unspecified atom stereocenters. The third kappa shape index (κ3) is 3.56. The minimum atomic E-state index is -0.444. The van der Waals surface area contributed by atoms with Gasteiger partial charge in [0.05, 0.1) is 6.54 Å². The summed E-state index contributed by atoms with van der Waals surface area (Å²) >= 11 is 1.75. The smallest absolute Gasteiger partial charge is 0.253 e. The summed E-state index contributed by atoms with van der Waals surface area (Å²) in [7, 11) is 0. The Morgan fingerprint density at radius 2 is 2.15 bits per heavy atom. The van der Waals surface area contributed by atoms with Crippen molar-refractivity contribution in [1.29, 1.82) is 0 Å². The lowest BCUT2D eigenvalue weighted by Gasteiger charge is -2.46. The van der Waals surface area contributed by atoms with Crippen LogP contribution in [-0.4, -0.2) is 57.5 Å². The fourth-order valence-corrected chi connectivity index (χ4v) is 4.98. The van der Waals surface area contributed by atoms with Gasteiger partial charge in [-0.05, 0) is 49.1 Å². The van der Waals surface area contributed by atoms with Gasteiger partial charge in [0.2, 0.25) is 0 Å². The molecule has 0 aliphatic carbocycles. The van der Waals surface area contributed by atoms with Crippen LogP contribution in [0.25, 0.3) is 0 Å². The SMILES string of the molecule is CCN(CC)C(=O)[C@H]1Cn2ccnc2C2(CCN(Cc3ccsc3)CC2)O1. The summed E-state index contributed by atoms with van der Waals surface area (Å²) in [6, 6.07) is 2.19. The molecule has 27 heavy (non-hydrogen) atoms. The third-order valence-corrected chi connectivity index (χ3v) is 6.59. The Kier molecular flexibility index (Phi) is 5.34. The highest BCUT2D eigenvalue weighted by atomic mass is 32.1. The summed E-state index contributed by atoms with van der Waals surface area (Å²) in [5.74, 6) is 1.08. The number of hydrogen-bond acceptors (Lipinski definition) is 5. The second-order valence-corrected chi connectivity index (χ2v) is 8.20. The van der Waals surface area contributed by atoms with Crippen molar-refractivity contribution in [2.75, 3.05) is 26.2 Å². The number of thiophene rings is 1. The Morgan fingerprint density at radius 1 is 1.37 bits per heavy atom. The Morgan fingerprint density at radius 3 is 2.81 bits per heavy atom. The maximum Gasteiger partial charge on any atom is 0.253 e. The molecule has 0 radical (unpaired) electrons. The molecule has 2 aromatic rings. The van der Waals surface area contributed by atoms with Crippen LogP contribution < -0.4 is 0 Å². The predicted octanol–water partition coefficient (Wildman–Crippen LogP) is 2.70. The van der Waals surface area contributed by atoms with Crippen molar-refractivity contribution < 1.29 is 9.53 Å². The number of likely N-dealkylation sites (tertiary alicyclic amines) is 1. The van der Waals surface area contributed by atoms with Gasteiger partial charge in [0.15, 0.2) is 6.10 Å². The first-order valence-electron chi connectivity index (χ1n) is 9.87. The molecule has 1 saturated heterocycles. The van der Waals surface area contributed by atoms with Crippen molar-refractivity contribution in [2.24, 2.45) is 0 Å². The van der Waals surface area contributed by atoms with Gasteiger partial charge in [0, 0.05) is 45.1 Å². The number of rotatable bonds is 5. The van der Waals surface area contributed by atoms with E-state index in [4.69, 9.17) is 4.74 Å². The quantitative estimate of drug-likeness (QED) is 0.790. The van der Waals surface area contributed by atoms with Gasteiger partial charge in [-0.1, -0.05) is 0 Å². The number of piperidine rings is 1. The third-order valence-electron chi connectivity index (χ3n) is 5.85. The largest absolute Gasteiger partial charge is 0.352 e. The van der Waals surface area contributed by atoms with E-state index in [-0.39, 0.29) is 5.91 Å². The zero-order valence-electron chi connectivity index (χ0n) is 16.1. The summed E-state index contributed by atoms with van der Waals surface area (Å²) in [5.41, 5.74) is 0.928. The molecule has 0 saturated carbocycles. The summed E-state index contributed by atoms with van der Waals surface area (Å²) in [4.78, 5) is 21.9. The summed E-state index contributed by atoms with van der Waals surface area (Å²) in [5, 5.41) is 4.35. The molecule has 1 atom stereocenters. The predicted molar refractivity (Wildman–Crippen MR) is 106 cm³/mol. The van der Waals surface area contributed by atoms with E-state index in [0.29, 0.717) is 19.6 Å². The number of amides is 1. The standard InChI is InChI=1S/C20H28N4O2S/c1-3-23(4-2)18(25)17-14-24-11-8-21-19(24)20(26-17)6-9-22(10-7-20)13-16-5-12-27-15-16/h5,8,11-12,15,17H,3-4,6-7,9-10,13-14H2,1-2H3/t17-/m1/s1. The van der Waals surface area contributed by atoms with E-state index >= 15 is 0 Å². The lowest BCUT2D eigenvalue weighted by atomic mass is 9.88. The number of fused-ring (bicyclic) bond motifs is 2. The number of likely N-dealkylation sites (N-methyl/N-ethyl adjacent to an activating group) is 1. The fraction of sp³-hybridized carbons (Fsp3) is 0.600. The molecule has 2 aliphatic heterocycles. The summed E-state index contributed by atoms with van der Waals surface area (Å²) in [6.07, 6.45) is 5.14. The average Bonchev–Trinajstić information content (AvgIpc) is 3.36. The maximum absolute atomic E-state index is 13.0. The number of nitrogens with zero attached hydrogens (tertiary/aromatic N) is 4. The van der Waals surface area contributed by atoms with Crippen molar-refractivity contribution in [3.05, 3.63) is 40.6 Å². The monoisotopic (exact) mass is 388 g/mol. The maximum atomic E-state index is 13.0. The second-order valence-electron chi connectivity index (χ2n) is 7.42. The van der Waals surface area contributed by atoms with Crippen LogP contribution in [0.3, 0.4) is 0 Å². The van der Waals surface area contributed by atoms with Gasteiger partial charge in [-0.3, -0.25) is 9.69 Å². The molecule has 4 rings (SSSR count). The van der Waals surface area contributed by atoms with Gasteiger partial charge in [0.1, 0.15) is 11.4 Å². The molecule has 0 aromatic carbocycles. The van der Waals surface area contributed by atoms with Gasteiger partial charge >= 0.3 is 0 Å². The van der Waals surface area contributed by atoms with Crippen molar-refractivity contribution in [3.8, 4) is 0 Å². The molecule has 6 nitrogen and oxygen atoms in total. The first-order valence-corrected chi connectivity index (χ1v) is 10.8. The molecule has 7 heteroatoms. The molecular weight excluding hydrogens is 360 g/mol. The molecule has 1 spiro atoms. The van der Waals surface area contributed by atoms with Crippen LogP contribution >= 0.6 is 11.3 Å². The molecule has 4 heterocycles. The van der Waals surface area contributed by atoms with E-state index in [1.165, 1.54) is 5.56 Å². The van der Waals surface area contributed by atoms with Crippen LogP contribution in [0, 0.1) is 0 Å². The topological polar surface area (TPSA) is 50.6 Å². The Hall–Kier alpha value is -1.70. The van der Waals surface area contributed by atoms with Crippen molar-refractivity contribution >= 4 is 17.2 Å².